The van der Waals surface area contributed by atoms with Gasteiger partial charge in [-0.25, -0.2) is 0 Å². The van der Waals surface area contributed by atoms with Crippen molar-refractivity contribution in [3.8, 4) is 0 Å². The molecule has 0 aliphatic heterocycles. The molecule has 1 unspecified atom stereocenters. The van der Waals surface area contributed by atoms with Gasteiger partial charge in [0.25, 0.3) is 0 Å². The van der Waals surface area contributed by atoms with E-state index in [2.05, 4.69) is 41.0 Å². The smallest absolute Gasteiger partial charge is 0.0669 e. The molecule has 1 aliphatic rings. The number of nitrogens with one attached hydrogen (secondary N) is 1. The van der Waals surface area contributed by atoms with Crippen LogP contribution >= 0.6 is 0 Å². The summed E-state index contributed by atoms with van der Waals surface area (Å²) in [5.41, 5.74) is 3.64. The van der Waals surface area contributed by atoms with Crippen LogP contribution in [-0.4, -0.2) is 27.3 Å². The number of hydrogen-bond donors (Lipinski definition) is 2. The standard InChI is InChI=1S/C17H25N3O/c1-3-20-11-13(5-4-8-21)15-9-16(18-10-17(15)20)12(2)19-14-6-7-14/h9-12,14,19,21H,3-8H2,1-2H3. The van der Waals surface area contributed by atoms with Gasteiger partial charge in [0.1, 0.15) is 0 Å². The summed E-state index contributed by atoms with van der Waals surface area (Å²) in [6, 6.07) is 3.22. The molecule has 2 aromatic rings. The molecule has 1 aliphatic carbocycles. The van der Waals surface area contributed by atoms with Crippen LogP contribution in [0.5, 0.6) is 0 Å². The van der Waals surface area contributed by atoms with Gasteiger partial charge in [-0.05, 0) is 51.2 Å². The molecule has 2 N–H and O–H groups in total. The Hall–Kier alpha value is -1.39. The topological polar surface area (TPSA) is 50.1 Å². The van der Waals surface area contributed by atoms with Gasteiger partial charge in [0, 0.05) is 36.8 Å². The van der Waals surface area contributed by atoms with Crippen LogP contribution in [0, 0.1) is 0 Å². The first-order valence-electron chi connectivity index (χ1n) is 8.07. The fraction of sp³-hybridized carbons (Fsp3) is 0.588. The van der Waals surface area contributed by atoms with E-state index < -0.39 is 0 Å². The van der Waals surface area contributed by atoms with E-state index >= 15 is 0 Å². The summed E-state index contributed by atoms with van der Waals surface area (Å²) in [7, 11) is 0. The molecule has 1 saturated carbocycles. The highest BCUT2D eigenvalue weighted by Gasteiger charge is 2.24. The van der Waals surface area contributed by atoms with Crippen molar-refractivity contribution in [3.05, 3.63) is 29.7 Å². The molecule has 21 heavy (non-hydrogen) atoms. The molecule has 114 valence electrons. The number of aliphatic hydroxyl groups excluding tert-OH is 1. The Morgan fingerprint density at radius 3 is 2.95 bits per heavy atom. The fourth-order valence-corrected chi connectivity index (χ4v) is 2.93. The van der Waals surface area contributed by atoms with Gasteiger partial charge in [0.2, 0.25) is 0 Å². The molecular formula is C17H25N3O. The second-order valence-corrected chi connectivity index (χ2v) is 6.06. The number of pyridine rings is 1. The molecule has 0 saturated heterocycles. The average Bonchev–Trinajstić information content (AvgIpc) is 3.24. The Morgan fingerprint density at radius 1 is 1.48 bits per heavy atom. The molecule has 0 bridgehead atoms. The predicted octanol–water partition coefficient (Wildman–Crippen LogP) is 2.79. The van der Waals surface area contributed by atoms with Crippen molar-refractivity contribution in [2.45, 2.75) is 58.2 Å². The highest BCUT2D eigenvalue weighted by molar-refractivity contribution is 5.83. The summed E-state index contributed by atoms with van der Waals surface area (Å²) >= 11 is 0. The monoisotopic (exact) mass is 287 g/mol. The molecule has 3 rings (SSSR count). The van der Waals surface area contributed by atoms with Crippen molar-refractivity contribution >= 4 is 10.9 Å². The number of fused-ring (bicyclic) bond motifs is 1. The third-order valence-corrected chi connectivity index (χ3v) is 4.32. The van der Waals surface area contributed by atoms with E-state index in [9.17, 15) is 0 Å². The lowest BCUT2D eigenvalue weighted by Gasteiger charge is -2.13. The second kappa shape index (κ2) is 6.16. The van der Waals surface area contributed by atoms with E-state index in [1.807, 2.05) is 6.20 Å². The summed E-state index contributed by atoms with van der Waals surface area (Å²) in [4.78, 5) is 4.66. The first-order chi connectivity index (χ1) is 10.2. The quantitative estimate of drug-likeness (QED) is 0.823. The molecular weight excluding hydrogens is 262 g/mol. The van der Waals surface area contributed by atoms with E-state index in [-0.39, 0.29) is 6.61 Å². The molecule has 0 aromatic carbocycles. The van der Waals surface area contributed by atoms with Gasteiger partial charge in [-0.3, -0.25) is 4.98 Å². The summed E-state index contributed by atoms with van der Waals surface area (Å²) < 4.78 is 2.25. The number of nitrogens with zero attached hydrogens (tertiary/aromatic N) is 2. The van der Waals surface area contributed by atoms with Gasteiger partial charge < -0.3 is 15.0 Å². The van der Waals surface area contributed by atoms with Crippen molar-refractivity contribution in [1.82, 2.24) is 14.9 Å². The lowest BCUT2D eigenvalue weighted by Crippen LogP contribution is -2.21. The first kappa shape index (κ1) is 14.5. The Balaban J connectivity index is 1.93. The Morgan fingerprint density at radius 2 is 2.29 bits per heavy atom. The van der Waals surface area contributed by atoms with Crippen molar-refractivity contribution in [2.75, 3.05) is 6.61 Å². The van der Waals surface area contributed by atoms with Crippen LogP contribution in [-0.2, 0) is 13.0 Å². The van der Waals surface area contributed by atoms with E-state index in [4.69, 9.17) is 5.11 Å². The SMILES string of the molecule is CCn1cc(CCCO)c2cc(C(C)NC3CC3)ncc21. The maximum Gasteiger partial charge on any atom is 0.0669 e. The molecule has 2 heterocycles. The molecule has 2 aromatic heterocycles. The van der Waals surface area contributed by atoms with Gasteiger partial charge >= 0.3 is 0 Å². The van der Waals surface area contributed by atoms with Crippen LogP contribution in [0.25, 0.3) is 10.9 Å². The molecule has 0 spiro atoms. The number of hydrogen-bond acceptors (Lipinski definition) is 3. The first-order valence-corrected chi connectivity index (χ1v) is 8.07. The normalized spacial score (nSPS) is 16.5. The van der Waals surface area contributed by atoms with Crippen LogP contribution in [0.1, 0.15) is 50.4 Å². The minimum Gasteiger partial charge on any atom is -0.396 e. The van der Waals surface area contributed by atoms with E-state index in [1.54, 1.807) is 0 Å². The summed E-state index contributed by atoms with van der Waals surface area (Å²) in [5.74, 6) is 0. The van der Waals surface area contributed by atoms with E-state index in [1.165, 1.54) is 29.3 Å². The molecule has 1 atom stereocenters. The molecule has 1 fully saturated rings. The molecule has 4 nitrogen and oxygen atoms in total. The summed E-state index contributed by atoms with van der Waals surface area (Å²) in [6.07, 6.45) is 8.54. The number of aromatic nitrogens is 2. The van der Waals surface area contributed by atoms with E-state index in [0.29, 0.717) is 12.1 Å². The number of aliphatic hydroxyl groups is 1. The lowest BCUT2D eigenvalue weighted by atomic mass is 10.1. The zero-order valence-electron chi connectivity index (χ0n) is 13.0. The Bertz CT molecular complexity index is 616. The number of rotatable bonds is 7. The van der Waals surface area contributed by atoms with Crippen molar-refractivity contribution in [3.63, 3.8) is 0 Å². The van der Waals surface area contributed by atoms with Crippen LogP contribution < -0.4 is 5.32 Å². The van der Waals surface area contributed by atoms with E-state index in [0.717, 1.165) is 25.1 Å². The van der Waals surface area contributed by atoms with Crippen LogP contribution in [0.2, 0.25) is 0 Å². The summed E-state index contributed by atoms with van der Waals surface area (Å²) in [6.45, 7) is 5.54. The highest BCUT2D eigenvalue weighted by Crippen LogP contribution is 2.27. The lowest BCUT2D eigenvalue weighted by molar-refractivity contribution is 0.288. The summed E-state index contributed by atoms with van der Waals surface area (Å²) in [5, 5.41) is 14.0. The van der Waals surface area contributed by atoms with Gasteiger partial charge in [-0.15, -0.1) is 0 Å². The van der Waals surface area contributed by atoms with Crippen LogP contribution in [0.3, 0.4) is 0 Å². The largest absolute Gasteiger partial charge is 0.396 e. The zero-order chi connectivity index (χ0) is 14.8. The van der Waals surface area contributed by atoms with Crippen molar-refractivity contribution in [2.24, 2.45) is 0 Å². The third-order valence-electron chi connectivity index (χ3n) is 4.32. The predicted molar refractivity (Wildman–Crippen MR) is 85.4 cm³/mol. The Labute approximate surface area is 126 Å². The molecule has 0 amide bonds. The minimum absolute atomic E-state index is 0.246. The van der Waals surface area contributed by atoms with Gasteiger partial charge in [-0.1, -0.05) is 0 Å². The van der Waals surface area contributed by atoms with Gasteiger partial charge in [0.05, 0.1) is 17.4 Å². The average molecular weight is 287 g/mol. The fourth-order valence-electron chi connectivity index (χ4n) is 2.93. The van der Waals surface area contributed by atoms with Crippen molar-refractivity contribution in [1.29, 1.82) is 0 Å². The maximum atomic E-state index is 9.08. The van der Waals surface area contributed by atoms with Gasteiger partial charge in [0.15, 0.2) is 0 Å². The van der Waals surface area contributed by atoms with Crippen molar-refractivity contribution < 1.29 is 5.11 Å². The van der Waals surface area contributed by atoms with Crippen LogP contribution in [0.4, 0.5) is 0 Å². The second-order valence-electron chi connectivity index (χ2n) is 6.06. The minimum atomic E-state index is 0.246. The van der Waals surface area contributed by atoms with Crippen LogP contribution in [0.15, 0.2) is 18.5 Å². The zero-order valence-corrected chi connectivity index (χ0v) is 13.0. The third kappa shape index (κ3) is 3.11. The molecule has 4 heteroatoms. The highest BCUT2D eigenvalue weighted by atomic mass is 16.2. The maximum absolute atomic E-state index is 9.08. The number of aryl methyl sites for hydroxylation is 2. The molecule has 0 radical (unpaired) electrons. The van der Waals surface area contributed by atoms with Gasteiger partial charge in [-0.2, -0.15) is 0 Å². The Kier molecular flexibility index (Phi) is 4.27.